The van der Waals surface area contributed by atoms with Crippen LogP contribution in [0.5, 0.6) is 11.5 Å². The normalized spacial score (nSPS) is 11.5. The van der Waals surface area contributed by atoms with Crippen LogP contribution in [-0.2, 0) is 0 Å². The molecule has 106 valence electrons. The Morgan fingerprint density at radius 1 is 0.682 bits per heavy atom. The van der Waals surface area contributed by atoms with Gasteiger partial charge in [0.1, 0.15) is 11.5 Å². The molecule has 2 aromatic carbocycles. The lowest BCUT2D eigenvalue weighted by molar-refractivity contribution is 0.474. The van der Waals surface area contributed by atoms with Gasteiger partial charge in [0.05, 0.1) is 13.1 Å². The molecule has 0 amide bonds. The van der Waals surface area contributed by atoms with Gasteiger partial charge in [-0.1, -0.05) is 36.4 Å². The second kappa shape index (κ2) is 6.78. The Kier molecular flexibility index (Phi) is 4.59. The van der Waals surface area contributed by atoms with Crippen molar-refractivity contribution >= 4 is 12.2 Å². The van der Waals surface area contributed by atoms with E-state index in [1.165, 1.54) is 24.3 Å². The molecule has 4 heteroatoms. The van der Waals surface area contributed by atoms with Crippen LogP contribution in [0.25, 0.3) is 21.8 Å². The summed E-state index contributed by atoms with van der Waals surface area (Å²) >= 11 is 0. The van der Waals surface area contributed by atoms with Gasteiger partial charge in [-0.05, 0) is 35.4 Å². The van der Waals surface area contributed by atoms with Crippen LogP contribution in [0.1, 0.15) is 11.1 Å². The Balaban J connectivity index is 2.39. The van der Waals surface area contributed by atoms with E-state index in [0.29, 0.717) is 0 Å². The molecule has 0 unspecified atom stereocenters. The Labute approximate surface area is 128 Å². The first-order valence-electron chi connectivity index (χ1n) is 6.39. The second-order valence-corrected chi connectivity index (χ2v) is 4.47. The molecule has 0 saturated carbocycles. The van der Waals surface area contributed by atoms with Gasteiger partial charge < -0.3 is 10.2 Å². The Morgan fingerprint density at radius 2 is 1.00 bits per heavy atom. The summed E-state index contributed by atoms with van der Waals surface area (Å²) in [6.45, 7) is 14.5. The van der Waals surface area contributed by atoms with E-state index < -0.39 is 0 Å². The third-order valence-corrected chi connectivity index (χ3v) is 2.90. The summed E-state index contributed by atoms with van der Waals surface area (Å²) in [7, 11) is 0. The Morgan fingerprint density at radius 3 is 1.27 bits per heavy atom. The second-order valence-electron chi connectivity index (χ2n) is 4.47. The van der Waals surface area contributed by atoms with Crippen LogP contribution in [-0.4, -0.2) is 10.2 Å². The van der Waals surface area contributed by atoms with Gasteiger partial charge in [0.2, 0.25) is 0 Å². The molecule has 2 N–H and O–H groups in total. The fourth-order valence-corrected chi connectivity index (χ4v) is 1.78. The number of phenols is 2. The monoisotopic (exact) mass is 288 g/mol. The maximum Gasteiger partial charge on any atom is 0.195 e. The predicted octanol–water partition coefficient (Wildman–Crippen LogP) is 4.32. The lowest BCUT2D eigenvalue weighted by Gasteiger charge is -2.00. The van der Waals surface area contributed by atoms with Crippen LogP contribution in [0.4, 0.5) is 0 Å². The average molecular weight is 288 g/mol. The van der Waals surface area contributed by atoms with Gasteiger partial charge in [-0.25, -0.2) is 0 Å². The molecule has 2 rings (SSSR count). The van der Waals surface area contributed by atoms with Gasteiger partial charge in [-0.15, -0.1) is 0 Å². The van der Waals surface area contributed by atoms with Crippen molar-refractivity contribution in [2.45, 2.75) is 0 Å². The number of nitrogens with zero attached hydrogens (tertiary/aromatic N) is 2. The first kappa shape index (κ1) is 14.9. The molecule has 2 aromatic rings. The van der Waals surface area contributed by atoms with E-state index in [4.69, 9.17) is 13.1 Å². The minimum absolute atomic E-state index is 0.145. The largest absolute Gasteiger partial charge is 0.508 e. The van der Waals surface area contributed by atoms with Crippen molar-refractivity contribution in [3.8, 4) is 11.5 Å². The molecule has 0 saturated heterocycles. The predicted molar refractivity (Wildman–Crippen MR) is 85.4 cm³/mol. The molecule has 0 atom stereocenters. The summed E-state index contributed by atoms with van der Waals surface area (Å²) < 4.78 is 0. The standard InChI is InChI=1S/C18H12N2O2/c1-19-17(11-13-3-7-15(21)8-4-13)18(20-2)12-14-5-9-16(22)10-6-14/h3-12,21-22H/b17-11-,18-12?. The molecule has 4 nitrogen and oxygen atoms in total. The molecular weight excluding hydrogens is 276 g/mol. The summed E-state index contributed by atoms with van der Waals surface area (Å²) in [6.07, 6.45) is 3.19. The van der Waals surface area contributed by atoms with E-state index in [2.05, 4.69) is 9.69 Å². The lowest BCUT2D eigenvalue weighted by atomic mass is 10.1. The van der Waals surface area contributed by atoms with Gasteiger partial charge in [0, 0.05) is 0 Å². The summed E-state index contributed by atoms with van der Waals surface area (Å²) in [5.74, 6) is 0.290. The van der Waals surface area contributed by atoms with Gasteiger partial charge in [0.15, 0.2) is 11.4 Å². The minimum Gasteiger partial charge on any atom is -0.508 e. The summed E-state index contributed by atoms with van der Waals surface area (Å²) in [5.41, 5.74) is 1.88. The number of benzene rings is 2. The minimum atomic E-state index is 0.145. The number of hydrogen-bond acceptors (Lipinski definition) is 2. The molecule has 0 heterocycles. The van der Waals surface area contributed by atoms with Gasteiger partial charge in [-0.2, -0.15) is 0 Å². The van der Waals surface area contributed by atoms with Crippen molar-refractivity contribution in [3.63, 3.8) is 0 Å². The molecule has 0 bridgehead atoms. The van der Waals surface area contributed by atoms with Crippen LogP contribution < -0.4 is 0 Å². The van der Waals surface area contributed by atoms with E-state index in [0.717, 1.165) is 11.1 Å². The van der Waals surface area contributed by atoms with E-state index >= 15 is 0 Å². The van der Waals surface area contributed by atoms with Crippen LogP contribution in [0, 0.1) is 13.1 Å². The quantitative estimate of drug-likeness (QED) is 0.653. The molecular formula is C18H12N2O2. The summed E-state index contributed by atoms with van der Waals surface area (Å²) in [6, 6.07) is 12.8. The highest BCUT2D eigenvalue weighted by Crippen LogP contribution is 2.22. The third-order valence-electron chi connectivity index (χ3n) is 2.90. The fourth-order valence-electron chi connectivity index (χ4n) is 1.78. The van der Waals surface area contributed by atoms with Crippen molar-refractivity contribution in [3.05, 3.63) is 93.9 Å². The smallest absolute Gasteiger partial charge is 0.195 e. The SMILES string of the molecule is [C-]#[N+]C(=Cc1ccc(O)cc1)/C(=C/c1ccc(O)cc1)[N+]#[C-]. The van der Waals surface area contributed by atoms with Gasteiger partial charge in [0.25, 0.3) is 0 Å². The molecule has 0 spiro atoms. The molecule has 22 heavy (non-hydrogen) atoms. The zero-order valence-corrected chi connectivity index (χ0v) is 11.6. The van der Waals surface area contributed by atoms with Crippen LogP contribution in [0.3, 0.4) is 0 Å². The van der Waals surface area contributed by atoms with E-state index in [-0.39, 0.29) is 22.9 Å². The molecule has 0 radical (unpaired) electrons. The molecule has 0 aromatic heterocycles. The van der Waals surface area contributed by atoms with Crippen molar-refractivity contribution in [2.75, 3.05) is 0 Å². The third kappa shape index (κ3) is 3.75. The number of hydrogen-bond donors (Lipinski definition) is 2. The van der Waals surface area contributed by atoms with Crippen LogP contribution >= 0.6 is 0 Å². The van der Waals surface area contributed by atoms with E-state index in [1.54, 1.807) is 36.4 Å². The number of aromatic hydroxyl groups is 2. The van der Waals surface area contributed by atoms with Crippen molar-refractivity contribution < 1.29 is 10.2 Å². The molecule has 0 aliphatic heterocycles. The highest BCUT2D eigenvalue weighted by atomic mass is 16.3. The Bertz CT molecular complexity index is 731. The van der Waals surface area contributed by atoms with Crippen LogP contribution in [0.15, 0.2) is 59.9 Å². The van der Waals surface area contributed by atoms with Crippen molar-refractivity contribution in [2.24, 2.45) is 0 Å². The van der Waals surface area contributed by atoms with E-state index in [1.807, 2.05) is 0 Å². The summed E-state index contributed by atoms with van der Waals surface area (Å²) in [5, 5.41) is 18.5. The van der Waals surface area contributed by atoms with Gasteiger partial charge >= 0.3 is 0 Å². The molecule has 0 aliphatic rings. The summed E-state index contributed by atoms with van der Waals surface area (Å²) in [4.78, 5) is 6.82. The van der Waals surface area contributed by atoms with Gasteiger partial charge in [-0.3, -0.25) is 9.69 Å². The topological polar surface area (TPSA) is 49.2 Å². The average Bonchev–Trinajstić information content (AvgIpc) is 2.54. The zero-order chi connectivity index (χ0) is 15.9. The number of phenolic OH excluding ortho intramolecular Hbond substituents is 2. The molecule has 0 fully saturated rings. The lowest BCUT2D eigenvalue weighted by Crippen LogP contribution is -1.82. The van der Waals surface area contributed by atoms with Crippen molar-refractivity contribution in [1.82, 2.24) is 0 Å². The first-order valence-corrected chi connectivity index (χ1v) is 6.39. The number of rotatable bonds is 3. The van der Waals surface area contributed by atoms with E-state index in [9.17, 15) is 10.2 Å². The van der Waals surface area contributed by atoms with Crippen LogP contribution in [0.2, 0.25) is 0 Å². The van der Waals surface area contributed by atoms with Crippen molar-refractivity contribution in [1.29, 1.82) is 0 Å². The fraction of sp³-hybridized carbons (Fsp3) is 0. The highest BCUT2D eigenvalue weighted by molar-refractivity contribution is 5.69. The first-order chi connectivity index (χ1) is 10.6. The maximum atomic E-state index is 9.26. The Hall–Kier alpha value is -3.50. The maximum absolute atomic E-state index is 9.26. The zero-order valence-electron chi connectivity index (χ0n) is 11.6. The molecule has 0 aliphatic carbocycles. The highest BCUT2D eigenvalue weighted by Gasteiger charge is 2.06.